The fourth-order valence-electron chi connectivity index (χ4n) is 2.28. The van der Waals surface area contributed by atoms with Gasteiger partial charge in [-0.15, -0.1) is 0 Å². The zero-order chi connectivity index (χ0) is 17.0. The van der Waals surface area contributed by atoms with Crippen molar-refractivity contribution in [1.29, 1.82) is 0 Å². The number of nitrogens with one attached hydrogen (secondary N) is 1. The molecule has 0 spiro atoms. The smallest absolute Gasteiger partial charge is 0.339 e. The maximum atomic E-state index is 12.1. The average molecular weight is 336 g/mol. The molecule has 2 N–H and O–H groups in total. The molecule has 6 heteroatoms. The van der Waals surface area contributed by atoms with Crippen molar-refractivity contribution in [3.63, 3.8) is 0 Å². The van der Waals surface area contributed by atoms with Gasteiger partial charge in [0, 0.05) is 10.9 Å². The second-order valence-electron chi connectivity index (χ2n) is 5.40. The Bertz CT molecular complexity index is 723. The van der Waals surface area contributed by atoms with Crippen molar-refractivity contribution < 1.29 is 19.1 Å². The Hall–Kier alpha value is -2.27. The minimum absolute atomic E-state index is 0.110. The van der Waals surface area contributed by atoms with E-state index in [0.717, 1.165) is 5.56 Å². The topological polar surface area (TPSA) is 79.5 Å². The van der Waals surface area contributed by atoms with Crippen molar-refractivity contribution in [1.82, 2.24) is 5.32 Å². The Balaban J connectivity index is 1.93. The summed E-state index contributed by atoms with van der Waals surface area (Å²) < 4.78 is 5.33. The summed E-state index contributed by atoms with van der Waals surface area (Å²) in [7, 11) is 0. The molecule has 122 valence electrons. The highest BCUT2D eigenvalue weighted by atomic mass is 35.5. The molecule has 0 fully saturated rings. The van der Waals surface area contributed by atoms with Crippen molar-refractivity contribution in [2.45, 2.75) is 26.8 Å². The third-order valence-electron chi connectivity index (χ3n) is 3.57. The lowest BCUT2D eigenvalue weighted by molar-refractivity contribution is -0.124. The summed E-state index contributed by atoms with van der Waals surface area (Å²) in [5.74, 6) is -0.708. The number of aromatic carboxylic acids is 1. The lowest BCUT2D eigenvalue weighted by Crippen LogP contribution is -2.29. The molecule has 2 aromatic rings. The minimum Gasteiger partial charge on any atom is -0.478 e. The molecular formula is C17H18ClNO4. The number of halogens is 1. The molecule has 0 radical (unpaired) electrons. The molecule has 2 rings (SSSR count). The Morgan fingerprint density at radius 1 is 1.35 bits per heavy atom. The molecule has 1 unspecified atom stereocenters. The number of aryl methyl sites for hydroxylation is 1. The fraction of sp³-hybridized carbons (Fsp3) is 0.294. The molecule has 0 aliphatic heterocycles. The first-order chi connectivity index (χ1) is 10.9. The van der Waals surface area contributed by atoms with Gasteiger partial charge in [0.25, 0.3) is 0 Å². The summed E-state index contributed by atoms with van der Waals surface area (Å²) in [6.45, 7) is 3.54. The van der Waals surface area contributed by atoms with E-state index in [0.29, 0.717) is 23.0 Å². The van der Waals surface area contributed by atoms with E-state index in [4.69, 9.17) is 21.1 Å². The van der Waals surface area contributed by atoms with Gasteiger partial charge in [-0.1, -0.05) is 36.7 Å². The second-order valence-corrected chi connectivity index (χ2v) is 5.81. The molecule has 1 heterocycles. The lowest BCUT2D eigenvalue weighted by Gasteiger charge is -2.12. The monoisotopic (exact) mass is 335 g/mol. The molecule has 1 amide bonds. The maximum Gasteiger partial charge on any atom is 0.339 e. The van der Waals surface area contributed by atoms with Crippen LogP contribution in [0.25, 0.3) is 0 Å². The van der Waals surface area contributed by atoms with Crippen LogP contribution in [0, 0.1) is 12.8 Å². The number of benzene rings is 1. The summed E-state index contributed by atoms with van der Waals surface area (Å²) in [6.07, 6.45) is 0.531. The molecular weight excluding hydrogens is 318 g/mol. The van der Waals surface area contributed by atoms with E-state index < -0.39 is 5.97 Å². The summed E-state index contributed by atoms with van der Waals surface area (Å²) in [4.78, 5) is 23.1. The van der Waals surface area contributed by atoms with E-state index in [1.807, 2.05) is 25.1 Å². The molecule has 0 saturated heterocycles. The van der Waals surface area contributed by atoms with Crippen LogP contribution in [0.5, 0.6) is 0 Å². The number of furan rings is 1. The highest BCUT2D eigenvalue weighted by Gasteiger charge is 2.17. The van der Waals surface area contributed by atoms with Gasteiger partial charge in [-0.2, -0.15) is 0 Å². The van der Waals surface area contributed by atoms with Crippen LogP contribution in [0.3, 0.4) is 0 Å². The van der Waals surface area contributed by atoms with Crippen LogP contribution >= 0.6 is 11.6 Å². The predicted octanol–water partition coefficient (Wildman–Crippen LogP) is 3.43. The van der Waals surface area contributed by atoms with E-state index in [1.54, 1.807) is 13.0 Å². The summed E-state index contributed by atoms with van der Waals surface area (Å²) in [6, 6.07) is 8.83. The van der Waals surface area contributed by atoms with Crippen molar-refractivity contribution >= 4 is 23.5 Å². The molecule has 0 saturated carbocycles. The van der Waals surface area contributed by atoms with Gasteiger partial charge in [0.2, 0.25) is 5.91 Å². The quantitative estimate of drug-likeness (QED) is 0.847. The first-order valence-corrected chi connectivity index (χ1v) is 7.60. The summed E-state index contributed by atoms with van der Waals surface area (Å²) >= 11 is 6.09. The maximum absolute atomic E-state index is 12.1. The van der Waals surface area contributed by atoms with Crippen molar-refractivity contribution in [3.8, 4) is 0 Å². The highest BCUT2D eigenvalue weighted by Crippen LogP contribution is 2.19. The van der Waals surface area contributed by atoms with Gasteiger partial charge >= 0.3 is 5.97 Å². The van der Waals surface area contributed by atoms with Crippen LogP contribution in [0.15, 0.2) is 34.7 Å². The Labute approximate surface area is 139 Å². The van der Waals surface area contributed by atoms with Gasteiger partial charge in [-0.3, -0.25) is 4.79 Å². The second kappa shape index (κ2) is 7.33. The standard InChI is InChI=1S/C17H18ClNO4/c1-10(7-12-5-3-4-6-15(12)18)16(20)19-9-13-8-14(17(21)22)11(2)23-13/h3-6,8,10H,7,9H2,1-2H3,(H,19,20)(H,21,22). The fourth-order valence-corrected chi connectivity index (χ4v) is 2.49. The number of rotatable bonds is 6. The van der Waals surface area contributed by atoms with Crippen LogP contribution in [-0.4, -0.2) is 17.0 Å². The number of carbonyl (C=O) groups is 2. The van der Waals surface area contributed by atoms with Gasteiger partial charge in [0.1, 0.15) is 17.1 Å². The first-order valence-electron chi connectivity index (χ1n) is 7.22. The SMILES string of the molecule is Cc1oc(CNC(=O)C(C)Cc2ccccc2Cl)cc1C(=O)O. The van der Waals surface area contributed by atoms with Crippen LogP contribution in [0.4, 0.5) is 0 Å². The molecule has 23 heavy (non-hydrogen) atoms. The zero-order valence-corrected chi connectivity index (χ0v) is 13.7. The summed E-state index contributed by atoms with van der Waals surface area (Å²) in [5.41, 5.74) is 1.03. The summed E-state index contributed by atoms with van der Waals surface area (Å²) in [5, 5.41) is 12.4. The van der Waals surface area contributed by atoms with Crippen molar-refractivity contribution in [2.24, 2.45) is 5.92 Å². The number of hydrogen-bond donors (Lipinski definition) is 2. The molecule has 1 aromatic heterocycles. The van der Waals surface area contributed by atoms with E-state index >= 15 is 0 Å². The molecule has 0 aliphatic carbocycles. The third kappa shape index (κ3) is 4.36. The molecule has 1 aromatic carbocycles. The van der Waals surface area contributed by atoms with E-state index in [1.165, 1.54) is 6.07 Å². The minimum atomic E-state index is -1.05. The Kier molecular flexibility index (Phi) is 5.45. The van der Waals surface area contributed by atoms with E-state index in [-0.39, 0.29) is 23.9 Å². The van der Waals surface area contributed by atoms with Gasteiger partial charge < -0.3 is 14.8 Å². The van der Waals surface area contributed by atoms with Crippen molar-refractivity contribution in [2.75, 3.05) is 0 Å². The predicted molar refractivity (Wildman–Crippen MR) is 86.6 cm³/mol. The van der Waals surface area contributed by atoms with Crippen LogP contribution in [0.2, 0.25) is 5.02 Å². The normalized spacial score (nSPS) is 12.0. The third-order valence-corrected chi connectivity index (χ3v) is 3.94. The van der Waals surface area contributed by atoms with Gasteiger partial charge in [-0.05, 0) is 31.0 Å². The van der Waals surface area contributed by atoms with Crippen LogP contribution < -0.4 is 5.32 Å². The zero-order valence-electron chi connectivity index (χ0n) is 12.9. The largest absolute Gasteiger partial charge is 0.478 e. The van der Waals surface area contributed by atoms with Crippen LogP contribution in [0.1, 0.15) is 34.4 Å². The molecule has 0 aliphatic rings. The number of carboxylic acid groups (broad SMARTS) is 1. The van der Waals surface area contributed by atoms with Crippen LogP contribution in [-0.2, 0) is 17.8 Å². The van der Waals surface area contributed by atoms with Gasteiger partial charge in [0.15, 0.2) is 0 Å². The first kappa shape index (κ1) is 17.1. The molecule has 1 atom stereocenters. The van der Waals surface area contributed by atoms with E-state index in [9.17, 15) is 9.59 Å². The Morgan fingerprint density at radius 2 is 2.04 bits per heavy atom. The lowest BCUT2D eigenvalue weighted by atomic mass is 10.0. The van der Waals surface area contributed by atoms with Crippen molar-refractivity contribution in [3.05, 3.63) is 58.0 Å². The molecule has 5 nitrogen and oxygen atoms in total. The van der Waals surface area contributed by atoms with Gasteiger partial charge in [0.05, 0.1) is 6.54 Å². The number of amides is 1. The average Bonchev–Trinajstić information content (AvgIpc) is 2.88. The number of carbonyl (C=O) groups excluding carboxylic acids is 1. The molecule has 0 bridgehead atoms. The van der Waals surface area contributed by atoms with Gasteiger partial charge in [-0.25, -0.2) is 4.79 Å². The Morgan fingerprint density at radius 3 is 2.65 bits per heavy atom. The number of hydrogen-bond acceptors (Lipinski definition) is 3. The number of carboxylic acids is 1. The van der Waals surface area contributed by atoms with E-state index in [2.05, 4.69) is 5.32 Å². The highest BCUT2D eigenvalue weighted by molar-refractivity contribution is 6.31.